The number of rotatable bonds is 8. The van der Waals surface area contributed by atoms with Crippen LogP contribution in [0.3, 0.4) is 0 Å². The number of hydrogen-bond donors (Lipinski definition) is 1. The lowest BCUT2D eigenvalue weighted by Crippen LogP contribution is -2.26. The molecule has 5 heteroatoms. The Balaban J connectivity index is 2.17. The summed E-state index contributed by atoms with van der Waals surface area (Å²) in [7, 11) is 3.42. The highest BCUT2D eigenvalue weighted by Gasteiger charge is 2.16. The van der Waals surface area contributed by atoms with E-state index in [0.29, 0.717) is 13.2 Å². The molecule has 0 radical (unpaired) electrons. The maximum Gasteiger partial charge on any atom is 0.114 e. The van der Waals surface area contributed by atoms with Gasteiger partial charge < -0.3 is 14.8 Å². The summed E-state index contributed by atoms with van der Waals surface area (Å²) in [5.41, 5.74) is 3.44. The summed E-state index contributed by atoms with van der Waals surface area (Å²) in [4.78, 5) is 4.62. The quantitative estimate of drug-likeness (QED) is 0.762. The number of methoxy groups -OCH3 is 2. The SMILES string of the molecule is COCCNC(c1ccc(COC)cc1)c1nc(C)cs1. The monoisotopic (exact) mass is 306 g/mol. The van der Waals surface area contributed by atoms with Crippen LogP contribution in [-0.4, -0.2) is 32.4 Å². The van der Waals surface area contributed by atoms with Crippen LogP contribution in [0, 0.1) is 6.92 Å². The fourth-order valence-corrected chi connectivity index (χ4v) is 3.03. The minimum absolute atomic E-state index is 0.107. The van der Waals surface area contributed by atoms with Gasteiger partial charge in [-0.2, -0.15) is 0 Å². The van der Waals surface area contributed by atoms with E-state index < -0.39 is 0 Å². The molecule has 2 rings (SSSR count). The average molecular weight is 306 g/mol. The van der Waals surface area contributed by atoms with Crippen molar-refractivity contribution in [1.82, 2.24) is 10.3 Å². The molecule has 0 bridgehead atoms. The van der Waals surface area contributed by atoms with Gasteiger partial charge in [-0.1, -0.05) is 24.3 Å². The van der Waals surface area contributed by atoms with Crippen molar-refractivity contribution < 1.29 is 9.47 Å². The van der Waals surface area contributed by atoms with Crippen molar-refractivity contribution >= 4 is 11.3 Å². The zero-order chi connectivity index (χ0) is 15.1. The van der Waals surface area contributed by atoms with Gasteiger partial charge in [-0.3, -0.25) is 0 Å². The fourth-order valence-electron chi connectivity index (χ4n) is 2.13. The topological polar surface area (TPSA) is 43.4 Å². The summed E-state index contributed by atoms with van der Waals surface area (Å²) in [5.74, 6) is 0. The number of thiazole rings is 1. The summed E-state index contributed by atoms with van der Waals surface area (Å²) < 4.78 is 10.3. The number of aryl methyl sites for hydroxylation is 1. The maximum absolute atomic E-state index is 5.15. The number of benzene rings is 1. The van der Waals surface area contributed by atoms with Crippen LogP contribution in [0.4, 0.5) is 0 Å². The molecule has 0 spiro atoms. The summed E-state index contributed by atoms with van der Waals surface area (Å²) in [6.45, 7) is 4.13. The third-order valence-corrected chi connectivity index (χ3v) is 4.19. The van der Waals surface area contributed by atoms with Crippen molar-refractivity contribution in [3.8, 4) is 0 Å². The molecule has 0 aliphatic rings. The van der Waals surface area contributed by atoms with Crippen molar-refractivity contribution in [3.63, 3.8) is 0 Å². The Hall–Kier alpha value is -1.27. The zero-order valence-corrected chi connectivity index (χ0v) is 13.6. The van der Waals surface area contributed by atoms with Crippen molar-refractivity contribution in [1.29, 1.82) is 0 Å². The standard InChI is InChI=1S/C16H22N2O2S/c1-12-11-21-16(18-12)15(17-8-9-19-2)14-6-4-13(5-7-14)10-20-3/h4-7,11,15,17H,8-10H2,1-3H3. The molecular formula is C16H22N2O2S. The van der Waals surface area contributed by atoms with E-state index in [1.165, 1.54) is 11.1 Å². The van der Waals surface area contributed by atoms with Gasteiger partial charge >= 0.3 is 0 Å². The maximum atomic E-state index is 5.15. The minimum Gasteiger partial charge on any atom is -0.383 e. The van der Waals surface area contributed by atoms with E-state index in [9.17, 15) is 0 Å². The predicted molar refractivity (Wildman–Crippen MR) is 85.7 cm³/mol. The van der Waals surface area contributed by atoms with E-state index in [4.69, 9.17) is 9.47 Å². The van der Waals surface area contributed by atoms with Crippen LogP contribution in [-0.2, 0) is 16.1 Å². The number of nitrogens with one attached hydrogen (secondary N) is 1. The van der Waals surface area contributed by atoms with Gasteiger partial charge in [-0.05, 0) is 18.1 Å². The van der Waals surface area contributed by atoms with Crippen LogP contribution in [0.5, 0.6) is 0 Å². The predicted octanol–water partition coefficient (Wildman–Crippen LogP) is 2.92. The molecule has 0 fully saturated rings. The third kappa shape index (κ3) is 4.61. The van der Waals surface area contributed by atoms with Crippen LogP contribution in [0.15, 0.2) is 29.6 Å². The third-order valence-electron chi connectivity index (χ3n) is 3.16. The molecule has 4 nitrogen and oxygen atoms in total. The molecule has 0 saturated carbocycles. The molecule has 114 valence electrons. The van der Waals surface area contributed by atoms with Gasteiger partial charge in [-0.25, -0.2) is 4.98 Å². The second-order valence-electron chi connectivity index (χ2n) is 4.88. The fraction of sp³-hybridized carbons (Fsp3) is 0.438. The van der Waals surface area contributed by atoms with Gasteiger partial charge in [0, 0.05) is 31.8 Å². The summed E-state index contributed by atoms with van der Waals surface area (Å²) in [5, 5.41) is 6.68. The number of nitrogens with zero attached hydrogens (tertiary/aromatic N) is 1. The zero-order valence-electron chi connectivity index (χ0n) is 12.8. The van der Waals surface area contributed by atoms with Crippen LogP contribution < -0.4 is 5.32 Å². The van der Waals surface area contributed by atoms with Crippen molar-refractivity contribution in [2.45, 2.75) is 19.6 Å². The Morgan fingerprint density at radius 2 is 1.95 bits per heavy atom. The Morgan fingerprint density at radius 1 is 1.19 bits per heavy atom. The van der Waals surface area contributed by atoms with E-state index >= 15 is 0 Å². The molecule has 1 aromatic heterocycles. The Bertz CT molecular complexity index is 539. The van der Waals surface area contributed by atoms with Gasteiger partial charge in [0.2, 0.25) is 0 Å². The van der Waals surface area contributed by atoms with Crippen molar-refractivity contribution in [3.05, 3.63) is 51.5 Å². The van der Waals surface area contributed by atoms with E-state index in [0.717, 1.165) is 17.2 Å². The first kappa shape index (κ1) is 16.1. The first-order chi connectivity index (χ1) is 10.2. The van der Waals surface area contributed by atoms with Crippen molar-refractivity contribution in [2.24, 2.45) is 0 Å². The van der Waals surface area contributed by atoms with E-state index in [-0.39, 0.29) is 6.04 Å². The van der Waals surface area contributed by atoms with E-state index in [1.807, 2.05) is 6.92 Å². The molecule has 1 aromatic carbocycles. The summed E-state index contributed by atoms with van der Waals surface area (Å²) in [6, 6.07) is 8.58. The smallest absolute Gasteiger partial charge is 0.114 e. The molecule has 1 heterocycles. The first-order valence-corrected chi connectivity index (χ1v) is 7.84. The van der Waals surface area contributed by atoms with Crippen LogP contribution >= 0.6 is 11.3 Å². The molecule has 0 aliphatic carbocycles. The van der Waals surface area contributed by atoms with Crippen LogP contribution in [0.1, 0.15) is 27.9 Å². The molecule has 2 aromatic rings. The minimum atomic E-state index is 0.107. The Morgan fingerprint density at radius 3 is 2.52 bits per heavy atom. The molecule has 0 aliphatic heterocycles. The van der Waals surface area contributed by atoms with Gasteiger partial charge in [0.05, 0.1) is 19.3 Å². The molecule has 0 amide bonds. The Labute approximate surface area is 130 Å². The lowest BCUT2D eigenvalue weighted by Gasteiger charge is -2.17. The van der Waals surface area contributed by atoms with Crippen LogP contribution in [0.2, 0.25) is 0 Å². The van der Waals surface area contributed by atoms with Crippen LogP contribution in [0.25, 0.3) is 0 Å². The summed E-state index contributed by atoms with van der Waals surface area (Å²) in [6.07, 6.45) is 0. The van der Waals surface area contributed by atoms with Gasteiger partial charge in [0.1, 0.15) is 5.01 Å². The average Bonchev–Trinajstić information content (AvgIpc) is 2.91. The molecule has 0 saturated heterocycles. The number of hydrogen-bond acceptors (Lipinski definition) is 5. The molecular weight excluding hydrogens is 284 g/mol. The van der Waals surface area contributed by atoms with Gasteiger partial charge in [0.25, 0.3) is 0 Å². The molecule has 21 heavy (non-hydrogen) atoms. The normalized spacial score (nSPS) is 12.5. The van der Waals surface area contributed by atoms with E-state index in [2.05, 4.69) is 39.9 Å². The molecule has 1 N–H and O–H groups in total. The largest absolute Gasteiger partial charge is 0.383 e. The first-order valence-electron chi connectivity index (χ1n) is 6.96. The van der Waals surface area contributed by atoms with Crippen molar-refractivity contribution in [2.75, 3.05) is 27.4 Å². The second-order valence-corrected chi connectivity index (χ2v) is 5.77. The number of aromatic nitrogens is 1. The van der Waals surface area contributed by atoms with E-state index in [1.54, 1.807) is 25.6 Å². The highest BCUT2D eigenvalue weighted by molar-refractivity contribution is 7.09. The summed E-state index contributed by atoms with van der Waals surface area (Å²) >= 11 is 1.69. The highest BCUT2D eigenvalue weighted by Crippen LogP contribution is 2.25. The second kappa shape index (κ2) is 8.24. The highest BCUT2D eigenvalue weighted by atomic mass is 32.1. The Kier molecular flexibility index (Phi) is 6.32. The number of ether oxygens (including phenoxy) is 2. The molecule has 1 unspecified atom stereocenters. The van der Waals surface area contributed by atoms with Gasteiger partial charge in [0.15, 0.2) is 0 Å². The van der Waals surface area contributed by atoms with Gasteiger partial charge in [-0.15, -0.1) is 11.3 Å². The molecule has 1 atom stereocenters. The lowest BCUT2D eigenvalue weighted by atomic mass is 10.1. The lowest BCUT2D eigenvalue weighted by molar-refractivity contribution is 0.185.